The van der Waals surface area contributed by atoms with Crippen molar-refractivity contribution in [1.82, 2.24) is 0 Å². The van der Waals surface area contributed by atoms with E-state index in [1.54, 1.807) is 7.11 Å². The van der Waals surface area contributed by atoms with Crippen molar-refractivity contribution in [3.8, 4) is 5.75 Å². The summed E-state index contributed by atoms with van der Waals surface area (Å²) in [5.41, 5.74) is 8.65. The fourth-order valence-electron chi connectivity index (χ4n) is 1.86. The molecule has 2 N–H and O–H groups in total. The number of ether oxygens (including phenoxy) is 1. The van der Waals surface area contributed by atoms with Crippen molar-refractivity contribution in [2.75, 3.05) is 7.11 Å². The molecule has 0 bridgehead atoms. The lowest BCUT2D eigenvalue weighted by Crippen LogP contribution is -2.12. The number of nitrogens with two attached hydrogens (primary N) is 1. The zero-order valence-electron chi connectivity index (χ0n) is 11.2. The molecule has 2 nitrogen and oxygen atoms in total. The molecular weight excluding hydrogens is 234 g/mol. The number of rotatable bonds is 5. The molecular formula is C14H24ClNO. The number of methoxy groups -OCH3 is 1. The molecule has 0 spiro atoms. The molecule has 3 heteroatoms. The van der Waals surface area contributed by atoms with Crippen LogP contribution in [0.15, 0.2) is 18.2 Å². The summed E-state index contributed by atoms with van der Waals surface area (Å²) in [6.07, 6.45) is 2.22. The van der Waals surface area contributed by atoms with Gasteiger partial charge in [0.25, 0.3) is 0 Å². The number of hydrogen-bond acceptors (Lipinski definition) is 2. The van der Waals surface area contributed by atoms with Crippen molar-refractivity contribution < 1.29 is 4.74 Å². The first-order valence-electron chi connectivity index (χ1n) is 5.94. The Morgan fingerprint density at radius 3 is 2.35 bits per heavy atom. The van der Waals surface area contributed by atoms with E-state index in [-0.39, 0.29) is 18.4 Å². The van der Waals surface area contributed by atoms with Crippen molar-refractivity contribution in [3.05, 3.63) is 29.3 Å². The largest absolute Gasteiger partial charge is 0.497 e. The molecule has 0 aliphatic heterocycles. The molecule has 0 aliphatic carbocycles. The van der Waals surface area contributed by atoms with Crippen molar-refractivity contribution in [1.29, 1.82) is 0 Å². The Balaban J connectivity index is 0.00000256. The maximum Gasteiger partial charge on any atom is 0.119 e. The van der Waals surface area contributed by atoms with E-state index >= 15 is 0 Å². The fraction of sp³-hybridized carbons (Fsp3) is 0.571. The van der Waals surface area contributed by atoms with E-state index in [1.807, 2.05) is 12.1 Å². The number of aryl methyl sites for hydroxylation is 1. The highest BCUT2D eigenvalue weighted by Crippen LogP contribution is 2.24. The Hall–Kier alpha value is -0.730. The average Bonchev–Trinajstić information content (AvgIpc) is 2.25. The quantitative estimate of drug-likeness (QED) is 0.869. The standard InChI is InChI=1S/C14H23NO.ClH/c1-10(2)5-8-14(15)13-7-6-12(16-4)9-11(13)3;/h6-7,9-10,14H,5,8,15H2,1-4H3;1H/t14-;/m0./s1. The van der Waals surface area contributed by atoms with Crippen LogP contribution in [0, 0.1) is 12.8 Å². The smallest absolute Gasteiger partial charge is 0.119 e. The molecule has 1 aromatic rings. The normalized spacial score (nSPS) is 12.1. The Morgan fingerprint density at radius 1 is 1.24 bits per heavy atom. The van der Waals surface area contributed by atoms with Gasteiger partial charge in [-0.1, -0.05) is 19.9 Å². The first kappa shape index (κ1) is 16.3. The Kier molecular flexibility index (Phi) is 7.24. The van der Waals surface area contributed by atoms with Gasteiger partial charge in [0.1, 0.15) is 5.75 Å². The van der Waals surface area contributed by atoms with Crippen LogP contribution in [-0.2, 0) is 0 Å². The average molecular weight is 258 g/mol. The highest BCUT2D eigenvalue weighted by molar-refractivity contribution is 5.85. The molecule has 0 unspecified atom stereocenters. The minimum atomic E-state index is 0. The van der Waals surface area contributed by atoms with Crippen LogP contribution < -0.4 is 10.5 Å². The maximum absolute atomic E-state index is 6.19. The van der Waals surface area contributed by atoms with Gasteiger partial charge in [-0.3, -0.25) is 0 Å². The van der Waals surface area contributed by atoms with Crippen molar-refractivity contribution in [2.45, 2.75) is 39.7 Å². The minimum absolute atomic E-state index is 0. The lowest BCUT2D eigenvalue weighted by Gasteiger charge is -2.16. The van der Waals surface area contributed by atoms with Crippen LogP contribution >= 0.6 is 12.4 Å². The zero-order valence-corrected chi connectivity index (χ0v) is 12.0. The van der Waals surface area contributed by atoms with Gasteiger partial charge in [0.15, 0.2) is 0 Å². The predicted molar refractivity (Wildman–Crippen MR) is 76.0 cm³/mol. The SMILES string of the molecule is COc1ccc([C@@H](N)CCC(C)C)c(C)c1.Cl. The van der Waals surface area contributed by atoms with E-state index < -0.39 is 0 Å². The van der Waals surface area contributed by atoms with Gasteiger partial charge in [0.2, 0.25) is 0 Å². The van der Waals surface area contributed by atoms with Gasteiger partial charge >= 0.3 is 0 Å². The molecule has 0 aromatic heterocycles. The summed E-state index contributed by atoms with van der Waals surface area (Å²) in [4.78, 5) is 0. The monoisotopic (exact) mass is 257 g/mol. The summed E-state index contributed by atoms with van der Waals surface area (Å²) < 4.78 is 5.19. The van der Waals surface area contributed by atoms with Crippen LogP contribution in [-0.4, -0.2) is 7.11 Å². The molecule has 1 rings (SSSR count). The summed E-state index contributed by atoms with van der Waals surface area (Å²) in [7, 11) is 1.69. The molecule has 0 aliphatic rings. The van der Waals surface area contributed by atoms with Gasteiger partial charge in [-0.05, 0) is 48.9 Å². The maximum atomic E-state index is 6.19. The number of benzene rings is 1. The summed E-state index contributed by atoms with van der Waals surface area (Å²) in [6.45, 7) is 6.55. The van der Waals surface area contributed by atoms with Crippen LogP contribution in [0.2, 0.25) is 0 Å². The molecule has 0 amide bonds. The molecule has 1 aromatic carbocycles. The molecule has 0 fully saturated rings. The van der Waals surface area contributed by atoms with Crippen LogP contribution in [0.1, 0.15) is 43.9 Å². The molecule has 98 valence electrons. The Morgan fingerprint density at radius 2 is 1.88 bits per heavy atom. The molecule has 0 saturated heterocycles. The van der Waals surface area contributed by atoms with Gasteiger partial charge < -0.3 is 10.5 Å². The predicted octanol–water partition coefficient (Wildman–Crippen LogP) is 3.86. The number of halogens is 1. The topological polar surface area (TPSA) is 35.2 Å². The molecule has 0 heterocycles. The second-order valence-corrected chi connectivity index (χ2v) is 4.80. The van der Waals surface area contributed by atoms with Crippen LogP contribution in [0.5, 0.6) is 5.75 Å². The molecule has 17 heavy (non-hydrogen) atoms. The van der Waals surface area contributed by atoms with E-state index in [2.05, 4.69) is 26.8 Å². The summed E-state index contributed by atoms with van der Waals surface area (Å²) in [5, 5.41) is 0. The lowest BCUT2D eigenvalue weighted by atomic mass is 9.95. The van der Waals surface area contributed by atoms with Crippen molar-refractivity contribution in [2.24, 2.45) is 11.7 Å². The molecule has 0 radical (unpaired) electrons. The third kappa shape index (κ3) is 4.97. The van der Waals surface area contributed by atoms with E-state index in [9.17, 15) is 0 Å². The van der Waals surface area contributed by atoms with Gasteiger partial charge in [-0.15, -0.1) is 12.4 Å². The molecule has 0 saturated carbocycles. The number of hydrogen-bond donors (Lipinski definition) is 1. The summed E-state index contributed by atoms with van der Waals surface area (Å²) >= 11 is 0. The van der Waals surface area contributed by atoms with Gasteiger partial charge in [-0.25, -0.2) is 0 Å². The third-order valence-electron chi connectivity index (χ3n) is 2.93. The van der Waals surface area contributed by atoms with Crippen molar-refractivity contribution in [3.63, 3.8) is 0 Å². The van der Waals surface area contributed by atoms with E-state index in [0.29, 0.717) is 5.92 Å². The second kappa shape index (κ2) is 7.57. The minimum Gasteiger partial charge on any atom is -0.497 e. The third-order valence-corrected chi connectivity index (χ3v) is 2.93. The first-order valence-corrected chi connectivity index (χ1v) is 5.94. The van der Waals surface area contributed by atoms with Crippen molar-refractivity contribution >= 4 is 12.4 Å². The van der Waals surface area contributed by atoms with E-state index in [4.69, 9.17) is 10.5 Å². The summed E-state index contributed by atoms with van der Waals surface area (Å²) in [6, 6.07) is 6.26. The molecule has 1 atom stereocenters. The van der Waals surface area contributed by atoms with Crippen LogP contribution in [0.4, 0.5) is 0 Å². The Bertz CT molecular complexity index is 339. The van der Waals surface area contributed by atoms with Gasteiger partial charge in [-0.2, -0.15) is 0 Å². The summed E-state index contributed by atoms with van der Waals surface area (Å²) in [5.74, 6) is 1.61. The fourth-order valence-corrected chi connectivity index (χ4v) is 1.86. The van der Waals surface area contributed by atoms with E-state index in [1.165, 1.54) is 17.5 Å². The Labute approximate surface area is 111 Å². The van der Waals surface area contributed by atoms with E-state index in [0.717, 1.165) is 12.2 Å². The van der Waals surface area contributed by atoms with Gasteiger partial charge in [0.05, 0.1) is 7.11 Å². The second-order valence-electron chi connectivity index (χ2n) is 4.80. The first-order chi connectivity index (χ1) is 7.54. The highest BCUT2D eigenvalue weighted by Gasteiger charge is 2.10. The highest BCUT2D eigenvalue weighted by atomic mass is 35.5. The zero-order chi connectivity index (χ0) is 12.1. The van der Waals surface area contributed by atoms with Crippen LogP contribution in [0.25, 0.3) is 0 Å². The van der Waals surface area contributed by atoms with Crippen LogP contribution in [0.3, 0.4) is 0 Å². The lowest BCUT2D eigenvalue weighted by molar-refractivity contribution is 0.414. The van der Waals surface area contributed by atoms with Gasteiger partial charge in [0, 0.05) is 6.04 Å².